The van der Waals surface area contributed by atoms with Crippen LogP contribution in [0.15, 0.2) is 33.7 Å². The highest BCUT2D eigenvalue weighted by Crippen LogP contribution is 2.28. The molecule has 1 aliphatic carbocycles. The highest BCUT2D eigenvalue weighted by Gasteiger charge is 2.24. The van der Waals surface area contributed by atoms with Crippen molar-refractivity contribution in [2.24, 2.45) is 4.99 Å². The first kappa shape index (κ1) is 19.1. The zero-order valence-corrected chi connectivity index (χ0v) is 17.2. The summed E-state index contributed by atoms with van der Waals surface area (Å²) in [5.41, 5.74) is 1.25. The molecule has 6 heteroatoms. The Morgan fingerprint density at radius 2 is 2.24 bits per heavy atom. The summed E-state index contributed by atoms with van der Waals surface area (Å²) in [6, 6.07) is 8.89. The highest BCUT2D eigenvalue weighted by molar-refractivity contribution is 14.0. The molecule has 0 aromatic heterocycles. The zero-order valence-electron chi connectivity index (χ0n) is 12.4. The minimum atomic E-state index is 0. The number of halogens is 2. The quantitative estimate of drug-likeness (QED) is 0.386. The molecule has 0 spiro atoms. The molecule has 2 N–H and O–H groups in total. The molecule has 0 aliphatic heterocycles. The third-order valence-electron chi connectivity index (χ3n) is 3.63. The molecule has 1 aromatic rings. The number of nitrogens with zero attached hydrogens (tertiary/aromatic N) is 1. The molecule has 1 saturated carbocycles. The van der Waals surface area contributed by atoms with E-state index in [9.17, 15) is 0 Å². The number of rotatable bonds is 4. The van der Waals surface area contributed by atoms with Gasteiger partial charge in [0, 0.05) is 29.4 Å². The first-order chi connectivity index (χ1) is 9.71. The van der Waals surface area contributed by atoms with Crippen LogP contribution in [0.3, 0.4) is 0 Å². The average Bonchev–Trinajstić information content (AvgIpc) is 2.91. The van der Waals surface area contributed by atoms with Gasteiger partial charge in [-0.2, -0.15) is 11.8 Å². The molecule has 0 amide bonds. The van der Waals surface area contributed by atoms with Crippen LogP contribution >= 0.6 is 51.7 Å². The number of nitrogens with one attached hydrogen (secondary N) is 2. The lowest BCUT2D eigenvalue weighted by atomic mass is 10.2. The molecule has 2 rings (SSSR count). The Bertz CT molecular complexity index is 470. The van der Waals surface area contributed by atoms with Gasteiger partial charge in [-0.05, 0) is 43.2 Å². The van der Waals surface area contributed by atoms with Crippen molar-refractivity contribution in [3.63, 3.8) is 0 Å². The van der Waals surface area contributed by atoms with Gasteiger partial charge in [0.15, 0.2) is 5.96 Å². The Kier molecular flexibility index (Phi) is 9.04. The first-order valence-corrected chi connectivity index (χ1v) is 9.03. The van der Waals surface area contributed by atoms with E-state index < -0.39 is 0 Å². The van der Waals surface area contributed by atoms with Gasteiger partial charge >= 0.3 is 0 Å². The van der Waals surface area contributed by atoms with Crippen molar-refractivity contribution in [2.75, 3.05) is 13.3 Å². The smallest absolute Gasteiger partial charge is 0.191 e. The molecule has 1 aromatic carbocycles. The Morgan fingerprint density at radius 1 is 1.43 bits per heavy atom. The maximum atomic E-state index is 4.32. The fourth-order valence-electron chi connectivity index (χ4n) is 2.51. The summed E-state index contributed by atoms with van der Waals surface area (Å²) >= 11 is 5.47. The summed E-state index contributed by atoms with van der Waals surface area (Å²) in [7, 11) is 1.83. The van der Waals surface area contributed by atoms with E-state index in [1.807, 2.05) is 24.9 Å². The summed E-state index contributed by atoms with van der Waals surface area (Å²) in [6.07, 6.45) is 5.98. The molecule has 0 heterocycles. The van der Waals surface area contributed by atoms with Crippen LogP contribution in [0.2, 0.25) is 0 Å². The van der Waals surface area contributed by atoms with Crippen molar-refractivity contribution in [3.05, 3.63) is 34.3 Å². The summed E-state index contributed by atoms with van der Waals surface area (Å²) < 4.78 is 1.11. The summed E-state index contributed by atoms with van der Waals surface area (Å²) in [6.45, 7) is 0.789. The van der Waals surface area contributed by atoms with Gasteiger partial charge in [0.2, 0.25) is 0 Å². The van der Waals surface area contributed by atoms with Gasteiger partial charge in [-0.3, -0.25) is 4.99 Å². The van der Waals surface area contributed by atoms with E-state index >= 15 is 0 Å². The molecule has 118 valence electrons. The fourth-order valence-corrected chi connectivity index (χ4v) is 3.75. The second-order valence-corrected chi connectivity index (χ2v) is 7.12. The van der Waals surface area contributed by atoms with Crippen LogP contribution in [0, 0.1) is 0 Å². The van der Waals surface area contributed by atoms with E-state index in [1.165, 1.54) is 24.8 Å². The average molecular weight is 484 g/mol. The van der Waals surface area contributed by atoms with E-state index in [1.54, 1.807) is 0 Å². The number of thioether (sulfide) groups is 1. The molecule has 0 saturated heterocycles. The molecule has 2 atom stereocenters. The second kappa shape index (κ2) is 9.94. The molecular weight excluding hydrogens is 461 g/mol. The Balaban J connectivity index is 0.00000220. The minimum Gasteiger partial charge on any atom is -0.354 e. The molecule has 0 radical (unpaired) electrons. The van der Waals surface area contributed by atoms with Crippen LogP contribution in [-0.4, -0.2) is 30.6 Å². The Morgan fingerprint density at radius 3 is 2.86 bits per heavy atom. The summed E-state index contributed by atoms with van der Waals surface area (Å²) in [5.74, 6) is 0.900. The van der Waals surface area contributed by atoms with Crippen LogP contribution in [0.1, 0.15) is 24.8 Å². The van der Waals surface area contributed by atoms with Crippen LogP contribution in [0.4, 0.5) is 0 Å². The lowest BCUT2D eigenvalue weighted by molar-refractivity contribution is 0.614. The van der Waals surface area contributed by atoms with Crippen LogP contribution in [0.5, 0.6) is 0 Å². The third kappa shape index (κ3) is 6.36. The van der Waals surface area contributed by atoms with E-state index in [2.05, 4.69) is 56.0 Å². The maximum Gasteiger partial charge on any atom is 0.191 e. The van der Waals surface area contributed by atoms with Gasteiger partial charge < -0.3 is 10.6 Å². The number of hydrogen-bond acceptors (Lipinski definition) is 2. The normalized spacial score (nSPS) is 21.8. The van der Waals surface area contributed by atoms with Crippen molar-refractivity contribution in [2.45, 2.75) is 37.1 Å². The zero-order chi connectivity index (χ0) is 14.4. The van der Waals surface area contributed by atoms with Crippen molar-refractivity contribution >= 4 is 57.6 Å². The van der Waals surface area contributed by atoms with E-state index in [-0.39, 0.29) is 24.0 Å². The molecule has 1 fully saturated rings. The highest BCUT2D eigenvalue weighted by atomic mass is 127. The molecular formula is C15H23BrIN3S. The van der Waals surface area contributed by atoms with Gasteiger partial charge in [-0.15, -0.1) is 24.0 Å². The molecule has 21 heavy (non-hydrogen) atoms. The minimum absolute atomic E-state index is 0. The molecule has 1 aliphatic rings. The van der Waals surface area contributed by atoms with Gasteiger partial charge in [-0.25, -0.2) is 0 Å². The number of aliphatic imine (C=N–C) groups is 1. The fraction of sp³-hybridized carbons (Fsp3) is 0.533. The third-order valence-corrected chi connectivity index (χ3v) is 5.22. The van der Waals surface area contributed by atoms with Crippen molar-refractivity contribution in [3.8, 4) is 0 Å². The SMILES string of the molecule is CN=C(NCc1cccc(Br)c1)NC1CCC(SC)C1.I. The van der Waals surface area contributed by atoms with Crippen molar-refractivity contribution < 1.29 is 0 Å². The Labute approximate surface area is 157 Å². The van der Waals surface area contributed by atoms with Crippen LogP contribution < -0.4 is 10.6 Å². The van der Waals surface area contributed by atoms with Gasteiger partial charge in [0.1, 0.15) is 0 Å². The summed E-state index contributed by atoms with van der Waals surface area (Å²) in [4.78, 5) is 4.32. The van der Waals surface area contributed by atoms with Gasteiger partial charge in [0.25, 0.3) is 0 Å². The van der Waals surface area contributed by atoms with Crippen molar-refractivity contribution in [1.82, 2.24) is 10.6 Å². The van der Waals surface area contributed by atoms with E-state index in [4.69, 9.17) is 0 Å². The van der Waals surface area contributed by atoms with E-state index in [0.717, 1.165) is 22.2 Å². The van der Waals surface area contributed by atoms with Crippen LogP contribution in [-0.2, 0) is 6.54 Å². The van der Waals surface area contributed by atoms with Crippen molar-refractivity contribution in [1.29, 1.82) is 0 Å². The largest absolute Gasteiger partial charge is 0.354 e. The maximum absolute atomic E-state index is 4.32. The standard InChI is InChI=1S/C15H22BrN3S.HI/c1-17-15(19-13-6-7-14(9-13)20-2)18-10-11-4-3-5-12(16)8-11;/h3-5,8,13-14H,6-7,9-10H2,1-2H3,(H2,17,18,19);1H. The monoisotopic (exact) mass is 483 g/mol. The Hall–Kier alpha value is 0.0500. The lowest BCUT2D eigenvalue weighted by Gasteiger charge is -2.17. The number of hydrogen-bond donors (Lipinski definition) is 2. The molecule has 2 unspecified atom stereocenters. The first-order valence-electron chi connectivity index (χ1n) is 6.95. The lowest BCUT2D eigenvalue weighted by Crippen LogP contribution is -2.42. The number of benzene rings is 1. The summed E-state index contributed by atoms with van der Waals surface area (Å²) in [5, 5.41) is 7.71. The predicted octanol–water partition coefficient (Wildman–Crippen LogP) is 4.02. The predicted molar refractivity (Wildman–Crippen MR) is 108 cm³/mol. The van der Waals surface area contributed by atoms with Gasteiger partial charge in [0.05, 0.1) is 0 Å². The molecule has 0 bridgehead atoms. The second-order valence-electron chi connectivity index (χ2n) is 5.07. The van der Waals surface area contributed by atoms with Gasteiger partial charge in [-0.1, -0.05) is 28.1 Å². The topological polar surface area (TPSA) is 36.4 Å². The number of guanidine groups is 1. The molecule has 3 nitrogen and oxygen atoms in total. The van der Waals surface area contributed by atoms with Crippen LogP contribution in [0.25, 0.3) is 0 Å². The van der Waals surface area contributed by atoms with E-state index in [0.29, 0.717) is 6.04 Å².